The highest BCUT2D eigenvalue weighted by Crippen LogP contribution is 2.27. The molecule has 2 aromatic rings. The van der Waals surface area contributed by atoms with Gasteiger partial charge in [0.1, 0.15) is 11.3 Å². The van der Waals surface area contributed by atoms with Crippen LogP contribution < -0.4 is 0 Å². The minimum Gasteiger partial charge on any atom is -0.337 e. The summed E-state index contributed by atoms with van der Waals surface area (Å²) in [5.41, 5.74) is 1.22. The summed E-state index contributed by atoms with van der Waals surface area (Å²) in [5, 5.41) is 0.804. The van der Waals surface area contributed by atoms with Crippen molar-refractivity contribution >= 4 is 16.8 Å². The highest BCUT2D eigenvalue weighted by Gasteiger charge is 2.40. The standard InChI is InChI=1S/C18H20FN3O/c1-12-18(23)22-9-3-5-15(22)11-21(12)10-14-8-7-13-4-2-6-16(19)17(13)20-14/h2,4,6-8,12,15H,3,5,9-11H2,1H3/t12-,15-/m0/s1. The molecule has 0 bridgehead atoms. The molecule has 2 aliphatic rings. The van der Waals surface area contributed by atoms with Gasteiger partial charge in [-0.2, -0.15) is 0 Å². The van der Waals surface area contributed by atoms with Crippen molar-refractivity contribution in [1.82, 2.24) is 14.8 Å². The van der Waals surface area contributed by atoms with E-state index in [4.69, 9.17) is 0 Å². The molecular formula is C18H20FN3O. The molecule has 1 aromatic carbocycles. The third-order valence-electron chi connectivity index (χ3n) is 5.10. The minimum absolute atomic E-state index is 0.137. The summed E-state index contributed by atoms with van der Waals surface area (Å²) in [6.45, 7) is 4.31. The molecule has 0 unspecified atom stereocenters. The van der Waals surface area contributed by atoms with Crippen molar-refractivity contribution < 1.29 is 9.18 Å². The number of amides is 1. The predicted octanol–water partition coefficient (Wildman–Crippen LogP) is 2.57. The molecule has 2 aliphatic heterocycles. The molecule has 2 saturated heterocycles. The molecule has 3 heterocycles. The lowest BCUT2D eigenvalue weighted by Gasteiger charge is -2.41. The summed E-state index contributed by atoms with van der Waals surface area (Å²) >= 11 is 0. The van der Waals surface area contributed by atoms with Crippen molar-refractivity contribution in [2.75, 3.05) is 13.1 Å². The van der Waals surface area contributed by atoms with Crippen LogP contribution >= 0.6 is 0 Å². The summed E-state index contributed by atoms with van der Waals surface area (Å²) < 4.78 is 13.9. The number of piperazine rings is 1. The Balaban J connectivity index is 1.60. The van der Waals surface area contributed by atoms with E-state index in [-0.39, 0.29) is 17.8 Å². The second-order valence-corrected chi connectivity index (χ2v) is 6.55. The zero-order valence-corrected chi connectivity index (χ0v) is 13.2. The highest BCUT2D eigenvalue weighted by atomic mass is 19.1. The molecule has 4 rings (SSSR count). The molecule has 5 heteroatoms. The van der Waals surface area contributed by atoms with Gasteiger partial charge in [-0.25, -0.2) is 9.37 Å². The second-order valence-electron chi connectivity index (χ2n) is 6.55. The van der Waals surface area contributed by atoms with Gasteiger partial charge in [0, 0.05) is 31.1 Å². The van der Waals surface area contributed by atoms with Crippen LogP contribution in [-0.4, -0.2) is 45.9 Å². The number of aromatic nitrogens is 1. The Morgan fingerprint density at radius 1 is 1.30 bits per heavy atom. The first-order valence-corrected chi connectivity index (χ1v) is 8.22. The van der Waals surface area contributed by atoms with E-state index in [1.165, 1.54) is 6.07 Å². The monoisotopic (exact) mass is 313 g/mol. The minimum atomic E-state index is -0.297. The van der Waals surface area contributed by atoms with E-state index >= 15 is 0 Å². The van der Waals surface area contributed by atoms with E-state index in [1.54, 1.807) is 6.07 Å². The zero-order chi connectivity index (χ0) is 16.0. The molecule has 0 saturated carbocycles. The molecule has 2 fully saturated rings. The van der Waals surface area contributed by atoms with Crippen molar-refractivity contribution in [3.05, 3.63) is 41.8 Å². The van der Waals surface area contributed by atoms with Crippen LogP contribution in [0.25, 0.3) is 10.9 Å². The van der Waals surface area contributed by atoms with Gasteiger partial charge in [-0.05, 0) is 31.9 Å². The van der Waals surface area contributed by atoms with Gasteiger partial charge in [-0.1, -0.05) is 18.2 Å². The third-order valence-corrected chi connectivity index (χ3v) is 5.10. The topological polar surface area (TPSA) is 36.4 Å². The van der Waals surface area contributed by atoms with Crippen LogP contribution in [-0.2, 0) is 11.3 Å². The van der Waals surface area contributed by atoms with Gasteiger partial charge in [0.05, 0.1) is 11.7 Å². The van der Waals surface area contributed by atoms with Gasteiger partial charge < -0.3 is 4.90 Å². The molecule has 0 N–H and O–H groups in total. The number of carbonyl (C=O) groups excluding carboxylic acids is 1. The Hall–Kier alpha value is -2.01. The molecule has 120 valence electrons. The summed E-state index contributed by atoms with van der Waals surface area (Å²) in [6.07, 6.45) is 2.17. The van der Waals surface area contributed by atoms with Gasteiger partial charge in [-0.3, -0.25) is 9.69 Å². The van der Waals surface area contributed by atoms with E-state index in [0.29, 0.717) is 18.1 Å². The maximum atomic E-state index is 13.9. The van der Waals surface area contributed by atoms with E-state index in [2.05, 4.69) is 9.88 Å². The lowest BCUT2D eigenvalue weighted by molar-refractivity contribution is -0.143. The van der Waals surface area contributed by atoms with E-state index in [9.17, 15) is 9.18 Å². The highest BCUT2D eigenvalue weighted by molar-refractivity contribution is 5.83. The lowest BCUT2D eigenvalue weighted by atomic mass is 10.1. The molecule has 2 atom stereocenters. The normalized spacial score (nSPS) is 25.1. The smallest absolute Gasteiger partial charge is 0.239 e. The molecule has 4 nitrogen and oxygen atoms in total. The van der Waals surface area contributed by atoms with Crippen molar-refractivity contribution in [3.63, 3.8) is 0 Å². The Morgan fingerprint density at radius 2 is 2.17 bits per heavy atom. The van der Waals surface area contributed by atoms with E-state index < -0.39 is 0 Å². The van der Waals surface area contributed by atoms with Crippen LogP contribution in [0.15, 0.2) is 30.3 Å². The molecule has 1 amide bonds. The first-order chi connectivity index (χ1) is 11.1. The van der Waals surface area contributed by atoms with Gasteiger partial charge in [0.2, 0.25) is 5.91 Å². The number of nitrogens with zero attached hydrogens (tertiary/aromatic N) is 3. The van der Waals surface area contributed by atoms with Crippen LogP contribution in [0.2, 0.25) is 0 Å². The first-order valence-electron chi connectivity index (χ1n) is 8.22. The summed E-state index contributed by atoms with van der Waals surface area (Å²) in [4.78, 5) is 21.1. The number of rotatable bonds is 2. The maximum absolute atomic E-state index is 13.9. The van der Waals surface area contributed by atoms with Crippen LogP contribution in [0.3, 0.4) is 0 Å². The van der Waals surface area contributed by atoms with Gasteiger partial charge >= 0.3 is 0 Å². The predicted molar refractivity (Wildman–Crippen MR) is 86.3 cm³/mol. The number of pyridine rings is 1. The van der Waals surface area contributed by atoms with Crippen molar-refractivity contribution in [1.29, 1.82) is 0 Å². The average Bonchev–Trinajstić information content (AvgIpc) is 3.02. The number of benzene rings is 1. The molecule has 0 aliphatic carbocycles. The summed E-state index contributed by atoms with van der Waals surface area (Å²) in [6, 6.07) is 9.01. The third kappa shape index (κ3) is 2.49. The second kappa shape index (κ2) is 5.57. The number of halogens is 1. The largest absolute Gasteiger partial charge is 0.337 e. The Bertz CT molecular complexity index is 763. The Morgan fingerprint density at radius 3 is 3.04 bits per heavy atom. The SMILES string of the molecule is C[C@H]1C(=O)N2CCC[C@H]2CN1Cc1ccc2cccc(F)c2n1. The van der Waals surface area contributed by atoms with Gasteiger partial charge in [0.15, 0.2) is 0 Å². The van der Waals surface area contributed by atoms with Crippen LogP contribution in [0.4, 0.5) is 4.39 Å². The van der Waals surface area contributed by atoms with Crippen LogP contribution in [0, 0.1) is 5.82 Å². The number of fused-ring (bicyclic) bond motifs is 2. The Labute approximate surface area is 134 Å². The molecule has 1 aromatic heterocycles. The lowest BCUT2D eigenvalue weighted by Crippen LogP contribution is -2.58. The van der Waals surface area contributed by atoms with Crippen LogP contribution in [0.1, 0.15) is 25.5 Å². The van der Waals surface area contributed by atoms with Crippen molar-refractivity contribution in [3.8, 4) is 0 Å². The van der Waals surface area contributed by atoms with Crippen LogP contribution in [0.5, 0.6) is 0 Å². The number of hydrogen-bond acceptors (Lipinski definition) is 3. The zero-order valence-electron chi connectivity index (χ0n) is 13.2. The molecule has 0 spiro atoms. The van der Waals surface area contributed by atoms with Gasteiger partial charge in [0.25, 0.3) is 0 Å². The van der Waals surface area contributed by atoms with Crippen molar-refractivity contribution in [2.24, 2.45) is 0 Å². The number of para-hydroxylation sites is 1. The van der Waals surface area contributed by atoms with E-state index in [1.807, 2.05) is 30.0 Å². The first kappa shape index (κ1) is 14.6. The number of hydrogen-bond donors (Lipinski definition) is 0. The fourth-order valence-electron chi connectivity index (χ4n) is 3.79. The Kier molecular flexibility index (Phi) is 3.53. The molecule has 23 heavy (non-hydrogen) atoms. The van der Waals surface area contributed by atoms with Crippen molar-refractivity contribution in [2.45, 2.75) is 38.4 Å². The molecular weight excluding hydrogens is 293 g/mol. The van der Waals surface area contributed by atoms with Gasteiger partial charge in [-0.15, -0.1) is 0 Å². The summed E-state index contributed by atoms with van der Waals surface area (Å²) in [7, 11) is 0. The molecule has 0 radical (unpaired) electrons. The quantitative estimate of drug-likeness (QED) is 0.855. The van der Waals surface area contributed by atoms with E-state index in [0.717, 1.165) is 37.0 Å². The maximum Gasteiger partial charge on any atom is 0.239 e. The number of carbonyl (C=O) groups is 1. The summed E-state index contributed by atoms with van der Waals surface area (Å²) in [5.74, 6) is -0.0835. The average molecular weight is 313 g/mol. The fourth-order valence-corrected chi connectivity index (χ4v) is 3.79. The fraction of sp³-hybridized carbons (Fsp3) is 0.444.